The van der Waals surface area contributed by atoms with Crippen molar-refractivity contribution < 1.29 is 90.2 Å². The van der Waals surface area contributed by atoms with Gasteiger partial charge in [0.1, 0.15) is 6.54 Å². The van der Waals surface area contributed by atoms with Crippen LogP contribution in [-0.4, -0.2) is 79.4 Å². The summed E-state index contributed by atoms with van der Waals surface area (Å²) < 4.78 is 8.73. The van der Waals surface area contributed by atoms with Crippen LogP contribution in [-0.2, 0) is 19.1 Å². The topological polar surface area (TPSA) is 137 Å². The van der Waals surface area contributed by atoms with E-state index in [0.29, 0.717) is 0 Å². The largest absolute Gasteiger partial charge is 1.00 e. The summed E-state index contributed by atoms with van der Waals surface area (Å²) in [5, 5.41) is 19.1. The number of hydrogen-bond donors (Lipinski definition) is 1. The van der Waals surface area contributed by atoms with Crippen LogP contribution >= 0.6 is 0 Å². The minimum Gasteiger partial charge on any atom is -0.548 e. The molecule has 0 atom stereocenters. The second kappa shape index (κ2) is 11.7. The molecular weight excluding hydrogens is 315 g/mol. The number of carboxylic acids is 2. The molecule has 0 rings (SSSR count). The Bertz CT molecular complexity index is 353. The molecule has 0 unspecified atom stereocenters. The number of aliphatic carboxylic acids is 2. The third-order valence-electron chi connectivity index (χ3n) is 2.15. The molecule has 0 aliphatic heterocycles. The van der Waals surface area contributed by atoms with E-state index in [1.54, 1.807) is 0 Å². The molecule has 10 nitrogen and oxygen atoms in total. The molecule has 114 valence electrons. The van der Waals surface area contributed by atoms with Crippen LogP contribution in [0.1, 0.15) is 0 Å². The van der Waals surface area contributed by atoms with Crippen molar-refractivity contribution >= 4 is 24.1 Å². The van der Waals surface area contributed by atoms with E-state index in [9.17, 15) is 24.3 Å². The average molecular weight is 330 g/mol. The summed E-state index contributed by atoms with van der Waals surface area (Å²) in [6.45, 7) is -1.87. The Morgan fingerprint density at radius 1 is 0.952 bits per heavy atom. The second-order valence-corrected chi connectivity index (χ2v) is 3.55. The smallest absolute Gasteiger partial charge is 0.548 e. The Labute approximate surface area is 163 Å². The van der Waals surface area contributed by atoms with Gasteiger partial charge in [-0.05, 0) is 0 Å². The van der Waals surface area contributed by atoms with Crippen molar-refractivity contribution in [2.45, 2.75) is 0 Å². The van der Waals surface area contributed by atoms with Crippen molar-refractivity contribution in [2.75, 3.05) is 40.4 Å². The van der Waals surface area contributed by atoms with Crippen LogP contribution in [0.25, 0.3) is 0 Å². The summed E-state index contributed by atoms with van der Waals surface area (Å²) in [6, 6.07) is 0. The molecule has 11 heteroatoms. The van der Waals surface area contributed by atoms with Gasteiger partial charge in [-0.1, -0.05) is 0 Å². The van der Waals surface area contributed by atoms with Crippen molar-refractivity contribution in [3.8, 4) is 0 Å². The summed E-state index contributed by atoms with van der Waals surface area (Å²) in [6.07, 6.45) is -1.85. The number of methoxy groups -OCH3 is 2. The molecule has 0 heterocycles. The Hall–Kier alpha value is -0.884. The maximum atomic E-state index is 11.3. The predicted octanol–water partition coefficient (Wildman–Crippen LogP) is -5.04. The molecule has 0 saturated carbocycles. The Morgan fingerprint density at radius 3 is 1.62 bits per heavy atom. The molecule has 0 aromatic heterocycles. The van der Waals surface area contributed by atoms with Gasteiger partial charge in [-0.15, -0.1) is 0 Å². The number of carbonyl (C=O) groups excluding carboxylic acids is 3. The zero-order valence-corrected chi connectivity index (χ0v) is 15.2. The third-order valence-corrected chi connectivity index (χ3v) is 2.15. The molecule has 1 N–H and O–H groups in total. The standard InChI is InChI=1S/C10H16N2O8.K/c1-19-9(17)11(5-7(13)14)3-4-12(6-8(15)16)10(18)20-2;/h3-6H2,1-2H3,(H,13,14)(H,15,16);/q;+1/p-1. The van der Waals surface area contributed by atoms with Gasteiger partial charge in [-0.25, -0.2) is 9.59 Å². The zero-order chi connectivity index (χ0) is 15.7. The van der Waals surface area contributed by atoms with Crippen LogP contribution in [0.5, 0.6) is 0 Å². The normalized spacial score (nSPS) is 9.05. The monoisotopic (exact) mass is 330 g/mol. The van der Waals surface area contributed by atoms with Crippen molar-refractivity contribution in [2.24, 2.45) is 0 Å². The second-order valence-electron chi connectivity index (χ2n) is 3.55. The van der Waals surface area contributed by atoms with E-state index in [2.05, 4.69) is 9.47 Å². The van der Waals surface area contributed by atoms with Gasteiger partial charge < -0.3 is 29.4 Å². The van der Waals surface area contributed by atoms with Crippen LogP contribution < -0.4 is 56.5 Å². The first kappa shape index (κ1) is 22.4. The molecule has 0 fully saturated rings. The summed E-state index contributed by atoms with van der Waals surface area (Å²) in [4.78, 5) is 45.2. The van der Waals surface area contributed by atoms with Crippen molar-refractivity contribution in [1.82, 2.24) is 9.80 Å². The number of carbonyl (C=O) groups is 4. The number of amides is 2. The van der Waals surface area contributed by atoms with Crippen LogP contribution in [0.3, 0.4) is 0 Å². The SMILES string of the molecule is COC(=O)N(CCN(CC(=O)O)C(=O)OC)CC(=O)[O-].[K+]. The molecule has 0 aromatic rings. The molecule has 21 heavy (non-hydrogen) atoms. The van der Waals surface area contributed by atoms with Crippen LogP contribution in [0, 0.1) is 0 Å². The number of rotatable bonds is 7. The van der Waals surface area contributed by atoms with Crippen LogP contribution in [0.15, 0.2) is 0 Å². The molecule has 0 saturated heterocycles. The van der Waals surface area contributed by atoms with E-state index in [1.165, 1.54) is 0 Å². The fourth-order valence-electron chi connectivity index (χ4n) is 1.29. The van der Waals surface area contributed by atoms with Crippen molar-refractivity contribution in [1.29, 1.82) is 0 Å². The van der Waals surface area contributed by atoms with E-state index < -0.39 is 37.2 Å². The summed E-state index contributed by atoms with van der Waals surface area (Å²) in [5.41, 5.74) is 0. The molecule has 0 aliphatic carbocycles. The van der Waals surface area contributed by atoms with Crippen molar-refractivity contribution in [3.05, 3.63) is 0 Å². The molecule has 0 spiro atoms. The van der Waals surface area contributed by atoms with E-state index in [-0.39, 0.29) is 64.5 Å². The minimum atomic E-state index is -1.52. The number of carboxylic acid groups (broad SMARTS) is 2. The van der Waals surface area contributed by atoms with Crippen molar-refractivity contribution in [3.63, 3.8) is 0 Å². The quantitative estimate of drug-likeness (QED) is 0.458. The van der Waals surface area contributed by atoms with E-state index >= 15 is 0 Å². The average Bonchev–Trinajstić information content (AvgIpc) is 2.39. The van der Waals surface area contributed by atoms with Gasteiger partial charge in [0.15, 0.2) is 0 Å². The van der Waals surface area contributed by atoms with Gasteiger partial charge in [0.05, 0.1) is 26.7 Å². The van der Waals surface area contributed by atoms with Gasteiger partial charge in [0.2, 0.25) is 0 Å². The van der Waals surface area contributed by atoms with Gasteiger partial charge in [-0.2, -0.15) is 0 Å². The zero-order valence-electron chi connectivity index (χ0n) is 12.0. The van der Waals surface area contributed by atoms with Crippen LogP contribution in [0.2, 0.25) is 0 Å². The Morgan fingerprint density at radius 2 is 1.33 bits per heavy atom. The fourth-order valence-corrected chi connectivity index (χ4v) is 1.29. The van der Waals surface area contributed by atoms with Crippen LogP contribution in [0.4, 0.5) is 9.59 Å². The number of ether oxygens (including phenoxy) is 2. The Balaban J connectivity index is 0. The van der Waals surface area contributed by atoms with Gasteiger partial charge in [-0.3, -0.25) is 9.69 Å². The summed E-state index contributed by atoms with van der Waals surface area (Å²) >= 11 is 0. The molecule has 0 bridgehead atoms. The minimum absolute atomic E-state index is 0. The maximum Gasteiger partial charge on any atom is 1.00 e. The first-order chi connectivity index (χ1) is 9.31. The first-order valence-corrected chi connectivity index (χ1v) is 5.39. The maximum absolute atomic E-state index is 11.3. The summed E-state index contributed by atoms with van der Waals surface area (Å²) in [7, 11) is 2.12. The summed E-state index contributed by atoms with van der Waals surface area (Å²) in [5.74, 6) is -2.79. The van der Waals surface area contributed by atoms with E-state index in [1.807, 2.05) is 0 Å². The molecule has 0 aliphatic rings. The molecule has 2 amide bonds. The molecule has 0 radical (unpaired) electrons. The number of hydrogen-bond acceptors (Lipinski definition) is 7. The van der Waals surface area contributed by atoms with E-state index in [0.717, 1.165) is 24.0 Å². The van der Waals surface area contributed by atoms with Gasteiger partial charge in [0.25, 0.3) is 0 Å². The van der Waals surface area contributed by atoms with Gasteiger partial charge in [0, 0.05) is 13.1 Å². The first-order valence-electron chi connectivity index (χ1n) is 5.39. The molecular formula is C10H15KN2O8. The predicted molar refractivity (Wildman–Crippen MR) is 60.6 cm³/mol. The van der Waals surface area contributed by atoms with Gasteiger partial charge >= 0.3 is 69.5 Å². The number of nitrogens with zero attached hydrogens (tertiary/aromatic N) is 2. The molecule has 0 aromatic carbocycles. The third kappa shape index (κ3) is 9.63. The van der Waals surface area contributed by atoms with E-state index in [4.69, 9.17) is 5.11 Å². The Kier molecular flexibility index (Phi) is 12.5. The fraction of sp³-hybridized carbons (Fsp3) is 0.600.